The maximum Gasteiger partial charge on any atom is 0.335 e. The second-order valence-corrected chi connectivity index (χ2v) is 4.46. The highest BCUT2D eigenvalue weighted by atomic mass is 35.5. The molecule has 0 aliphatic carbocycles. The molecule has 2 aromatic rings. The van der Waals surface area contributed by atoms with Crippen molar-refractivity contribution in [2.75, 3.05) is 5.32 Å². The van der Waals surface area contributed by atoms with Crippen molar-refractivity contribution in [2.24, 2.45) is 0 Å². The number of nitrogens with zero attached hydrogens (tertiary/aromatic N) is 1. The van der Waals surface area contributed by atoms with Crippen molar-refractivity contribution < 1.29 is 14.7 Å². The number of rotatable bonds is 4. The lowest BCUT2D eigenvalue weighted by molar-refractivity contribution is -0.115. The Hall–Kier alpha value is -2.40. The minimum absolute atomic E-state index is 0.0630. The van der Waals surface area contributed by atoms with E-state index >= 15 is 0 Å². The van der Waals surface area contributed by atoms with E-state index in [2.05, 4.69) is 10.3 Å². The Morgan fingerprint density at radius 3 is 2.70 bits per heavy atom. The quantitative estimate of drug-likeness (QED) is 0.907. The summed E-state index contributed by atoms with van der Waals surface area (Å²) < 4.78 is 0. The zero-order valence-corrected chi connectivity index (χ0v) is 11.1. The third-order valence-corrected chi connectivity index (χ3v) is 2.95. The molecule has 0 bridgehead atoms. The first kappa shape index (κ1) is 14.0. The molecule has 6 heteroatoms. The number of hydrogen-bond acceptors (Lipinski definition) is 3. The van der Waals surface area contributed by atoms with Crippen molar-refractivity contribution in [1.29, 1.82) is 0 Å². The number of hydrogen-bond donors (Lipinski definition) is 2. The molecule has 0 aliphatic rings. The Morgan fingerprint density at radius 2 is 2.00 bits per heavy atom. The van der Waals surface area contributed by atoms with Crippen LogP contribution in [0, 0.1) is 0 Å². The Kier molecular flexibility index (Phi) is 4.32. The van der Waals surface area contributed by atoms with Crippen molar-refractivity contribution in [3.63, 3.8) is 0 Å². The molecule has 0 unspecified atom stereocenters. The van der Waals surface area contributed by atoms with Gasteiger partial charge in [0, 0.05) is 11.2 Å². The maximum atomic E-state index is 11.9. The van der Waals surface area contributed by atoms with Crippen LogP contribution in [-0.2, 0) is 11.2 Å². The molecule has 0 fully saturated rings. The fraction of sp³-hybridized carbons (Fsp3) is 0.0714. The number of aromatic carboxylic acids is 1. The third kappa shape index (κ3) is 3.55. The Bertz CT molecular complexity index is 658. The molecule has 2 N–H and O–H groups in total. The number of pyridine rings is 1. The first-order valence-electron chi connectivity index (χ1n) is 5.79. The van der Waals surface area contributed by atoms with E-state index in [-0.39, 0.29) is 23.7 Å². The van der Waals surface area contributed by atoms with Gasteiger partial charge in [0.15, 0.2) is 0 Å². The summed E-state index contributed by atoms with van der Waals surface area (Å²) in [6.45, 7) is 0. The molecule has 20 heavy (non-hydrogen) atoms. The highest BCUT2D eigenvalue weighted by Gasteiger charge is 2.09. The lowest BCUT2D eigenvalue weighted by atomic mass is 10.1. The van der Waals surface area contributed by atoms with Gasteiger partial charge in [0.05, 0.1) is 12.0 Å². The zero-order valence-electron chi connectivity index (χ0n) is 10.3. The van der Waals surface area contributed by atoms with E-state index in [4.69, 9.17) is 16.7 Å². The molecular formula is C14H11ClN2O3. The molecule has 2 rings (SSSR count). The number of anilines is 1. The number of carboxylic acids is 1. The third-order valence-electron chi connectivity index (χ3n) is 2.58. The number of benzene rings is 1. The molecule has 0 radical (unpaired) electrons. The molecule has 1 amide bonds. The average Bonchev–Trinajstić information content (AvgIpc) is 2.41. The van der Waals surface area contributed by atoms with Crippen molar-refractivity contribution >= 4 is 29.3 Å². The summed E-state index contributed by atoms with van der Waals surface area (Å²) in [6, 6.07) is 9.68. The molecule has 0 saturated heterocycles. The van der Waals surface area contributed by atoms with E-state index in [9.17, 15) is 9.59 Å². The van der Waals surface area contributed by atoms with Crippen LogP contribution in [0.1, 0.15) is 15.9 Å². The van der Waals surface area contributed by atoms with Crippen molar-refractivity contribution in [1.82, 2.24) is 4.98 Å². The van der Waals surface area contributed by atoms with Crippen molar-refractivity contribution in [2.45, 2.75) is 6.42 Å². The fourth-order valence-electron chi connectivity index (χ4n) is 1.63. The summed E-state index contributed by atoms with van der Waals surface area (Å²) in [5.41, 5.74) is 0.758. The molecule has 0 aliphatic heterocycles. The van der Waals surface area contributed by atoms with Crippen LogP contribution in [0.15, 0.2) is 42.6 Å². The van der Waals surface area contributed by atoms with Crippen LogP contribution in [0.3, 0.4) is 0 Å². The standard InChI is InChI=1S/C14H11ClN2O3/c15-11-4-2-1-3-9(11)8-13(18)17-12-7-10(14(19)20)5-6-16-12/h1-7H,8H2,(H,19,20)(H,16,17,18). The zero-order chi connectivity index (χ0) is 14.5. The molecule has 0 atom stereocenters. The van der Waals surface area contributed by atoms with Gasteiger partial charge in [0.1, 0.15) is 5.82 Å². The molecular weight excluding hydrogens is 280 g/mol. The van der Waals surface area contributed by atoms with Crippen LogP contribution in [0.25, 0.3) is 0 Å². The summed E-state index contributed by atoms with van der Waals surface area (Å²) in [6.07, 6.45) is 1.42. The van der Waals surface area contributed by atoms with Gasteiger partial charge in [0.2, 0.25) is 5.91 Å². The number of carboxylic acid groups (broad SMARTS) is 1. The molecule has 1 aromatic carbocycles. The predicted molar refractivity (Wildman–Crippen MR) is 75.0 cm³/mol. The van der Waals surface area contributed by atoms with E-state index in [1.807, 2.05) is 0 Å². The molecule has 0 spiro atoms. The summed E-state index contributed by atoms with van der Waals surface area (Å²) in [5, 5.41) is 11.9. The van der Waals surface area contributed by atoms with Crippen LogP contribution in [-0.4, -0.2) is 22.0 Å². The first-order valence-corrected chi connectivity index (χ1v) is 6.16. The number of carbonyl (C=O) groups excluding carboxylic acids is 1. The molecule has 1 heterocycles. The highest BCUT2D eigenvalue weighted by molar-refractivity contribution is 6.31. The van der Waals surface area contributed by atoms with E-state index in [0.29, 0.717) is 10.6 Å². The summed E-state index contributed by atoms with van der Waals surface area (Å²) in [7, 11) is 0. The van der Waals surface area contributed by atoms with Crippen LogP contribution in [0.2, 0.25) is 5.02 Å². The fourth-order valence-corrected chi connectivity index (χ4v) is 1.84. The Labute approximate surface area is 120 Å². The largest absolute Gasteiger partial charge is 0.478 e. The summed E-state index contributed by atoms with van der Waals surface area (Å²) in [4.78, 5) is 26.6. The van der Waals surface area contributed by atoms with E-state index in [0.717, 1.165) is 0 Å². The van der Waals surface area contributed by atoms with Crippen molar-refractivity contribution in [3.05, 3.63) is 58.7 Å². The van der Waals surface area contributed by atoms with Crippen molar-refractivity contribution in [3.8, 4) is 0 Å². The monoisotopic (exact) mass is 290 g/mol. The van der Waals surface area contributed by atoms with E-state index in [1.54, 1.807) is 24.3 Å². The summed E-state index contributed by atoms with van der Waals surface area (Å²) >= 11 is 5.96. The SMILES string of the molecule is O=C(Cc1ccccc1Cl)Nc1cc(C(=O)O)ccn1. The van der Waals surface area contributed by atoms with Gasteiger partial charge in [-0.25, -0.2) is 9.78 Å². The molecule has 0 saturated carbocycles. The lowest BCUT2D eigenvalue weighted by Gasteiger charge is -2.06. The second-order valence-electron chi connectivity index (χ2n) is 4.05. The average molecular weight is 291 g/mol. The molecule has 1 aromatic heterocycles. The number of halogens is 1. The smallest absolute Gasteiger partial charge is 0.335 e. The van der Waals surface area contributed by atoms with E-state index in [1.165, 1.54) is 18.3 Å². The van der Waals surface area contributed by atoms with Crippen LogP contribution >= 0.6 is 11.6 Å². The van der Waals surface area contributed by atoms with Crippen LogP contribution in [0.4, 0.5) is 5.82 Å². The minimum Gasteiger partial charge on any atom is -0.478 e. The van der Waals surface area contributed by atoms with Gasteiger partial charge in [0.25, 0.3) is 0 Å². The normalized spacial score (nSPS) is 10.1. The van der Waals surface area contributed by atoms with Gasteiger partial charge in [-0.3, -0.25) is 4.79 Å². The van der Waals surface area contributed by atoms with E-state index < -0.39 is 5.97 Å². The predicted octanol–water partition coefficient (Wildman–Crippen LogP) is 2.61. The van der Waals surface area contributed by atoms with Gasteiger partial charge in [-0.2, -0.15) is 0 Å². The van der Waals surface area contributed by atoms with Crippen LogP contribution < -0.4 is 5.32 Å². The lowest BCUT2D eigenvalue weighted by Crippen LogP contribution is -2.16. The second kappa shape index (κ2) is 6.16. The number of nitrogens with one attached hydrogen (secondary N) is 1. The molecule has 5 nitrogen and oxygen atoms in total. The Morgan fingerprint density at radius 1 is 1.25 bits per heavy atom. The van der Waals surface area contributed by atoms with Gasteiger partial charge in [-0.1, -0.05) is 29.8 Å². The Balaban J connectivity index is 2.07. The highest BCUT2D eigenvalue weighted by Crippen LogP contribution is 2.16. The summed E-state index contributed by atoms with van der Waals surface area (Å²) in [5.74, 6) is -1.19. The first-order chi connectivity index (χ1) is 9.56. The van der Waals surface area contributed by atoms with Crippen LogP contribution in [0.5, 0.6) is 0 Å². The maximum absolute atomic E-state index is 11.9. The molecule has 102 valence electrons. The number of amides is 1. The number of carbonyl (C=O) groups is 2. The number of aromatic nitrogens is 1. The topological polar surface area (TPSA) is 79.3 Å². The van der Waals surface area contributed by atoms with Gasteiger partial charge >= 0.3 is 5.97 Å². The van der Waals surface area contributed by atoms with Gasteiger partial charge in [-0.05, 0) is 23.8 Å². The van der Waals surface area contributed by atoms with Gasteiger partial charge < -0.3 is 10.4 Å². The minimum atomic E-state index is -1.07. The van der Waals surface area contributed by atoms with Gasteiger partial charge in [-0.15, -0.1) is 0 Å².